The van der Waals surface area contributed by atoms with Gasteiger partial charge in [-0.05, 0) is 40.9 Å². The number of anilines is 1. The van der Waals surface area contributed by atoms with Crippen molar-refractivity contribution in [1.29, 1.82) is 0 Å². The third-order valence-corrected chi connectivity index (χ3v) is 4.18. The summed E-state index contributed by atoms with van der Waals surface area (Å²) >= 11 is 1.72. The first-order valence-corrected chi connectivity index (χ1v) is 7.49. The first kappa shape index (κ1) is 11.6. The summed E-state index contributed by atoms with van der Waals surface area (Å²) in [5, 5.41) is 12.3. The normalized spacial score (nSPS) is 17.5. The smallest absolute Gasteiger partial charge is 0.222 e. The lowest BCUT2D eigenvalue weighted by Gasteiger charge is -2.23. The van der Waals surface area contributed by atoms with Crippen molar-refractivity contribution in [2.24, 2.45) is 0 Å². The van der Waals surface area contributed by atoms with Crippen molar-refractivity contribution >= 4 is 17.3 Å². The van der Waals surface area contributed by atoms with Crippen LogP contribution in [-0.4, -0.2) is 26.3 Å². The molecule has 0 amide bonds. The third-order valence-electron chi connectivity index (χ3n) is 3.48. The highest BCUT2D eigenvalue weighted by Crippen LogP contribution is 2.31. The van der Waals surface area contributed by atoms with E-state index in [-0.39, 0.29) is 6.04 Å². The van der Waals surface area contributed by atoms with Crippen molar-refractivity contribution < 1.29 is 0 Å². The minimum absolute atomic E-state index is 0.274. The molecule has 0 bridgehead atoms. The second-order valence-corrected chi connectivity index (χ2v) is 5.51. The van der Waals surface area contributed by atoms with E-state index >= 15 is 0 Å². The van der Waals surface area contributed by atoms with Crippen LogP contribution in [0, 0.1) is 0 Å². The van der Waals surface area contributed by atoms with Crippen molar-refractivity contribution in [3.05, 3.63) is 46.9 Å². The van der Waals surface area contributed by atoms with E-state index in [1.54, 1.807) is 23.7 Å². The molecule has 3 aromatic heterocycles. The van der Waals surface area contributed by atoms with Crippen LogP contribution in [0.3, 0.4) is 0 Å². The minimum Gasteiger partial charge on any atom is -0.354 e. The zero-order valence-corrected chi connectivity index (χ0v) is 11.5. The van der Waals surface area contributed by atoms with E-state index in [2.05, 4.69) is 37.2 Å². The van der Waals surface area contributed by atoms with Crippen LogP contribution in [-0.2, 0) is 0 Å². The maximum atomic E-state index is 4.67. The molecule has 0 saturated carbocycles. The summed E-state index contributed by atoms with van der Waals surface area (Å²) in [6.45, 7) is 0.922. The van der Waals surface area contributed by atoms with E-state index in [1.807, 2.05) is 16.8 Å². The summed E-state index contributed by atoms with van der Waals surface area (Å²) in [7, 11) is 0. The van der Waals surface area contributed by atoms with Gasteiger partial charge in [-0.15, -0.1) is 5.10 Å². The molecule has 1 aliphatic rings. The van der Waals surface area contributed by atoms with Crippen LogP contribution in [0.1, 0.15) is 18.0 Å². The summed E-state index contributed by atoms with van der Waals surface area (Å²) in [5.74, 6) is 1.56. The molecular formula is C14H13N5S. The second kappa shape index (κ2) is 4.72. The van der Waals surface area contributed by atoms with Gasteiger partial charge in [0.1, 0.15) is 0 Å². The number of nitrogens with one attached hydrogen (secondary N) is 1. The molecule has 4 heterocycles. The Balaban J connectivity index is 1.78. The number of hydrogen-bond acceptors (Lipinski definition) is 5. The molecule has 0 fully saturated rings. The molecule has 6 heteroatoms. The highest BCUT2D eigenvalue weighted by Gasteiger charge is 2.24. The summed E-state index contributed by atoms with van der Waals surface area (Å²) in [6.07, 6.45) is 4.58. The number of pyridine rings is 1. The molecule has 0 spiro atoms. The number of hydrogen-bond donors (Lipinski definition) is 1. The predicted molar refractivity (Wildman–Crippen MR) is 78.8 cm³/mol. The number of thiophene rings is 1. The fourth-order valence-electron chi connectivity index (χ4n) is 2.49. The van der Waals surface area contributed by atoms with Crippen LogP contribution >= 0.6 is 11.3 Å². The Hall–Kier alpha value is -2.21. The zero-order chi connectivity index (χ0) is 13.4. The molecule has 100 valence electrons. The molecule has 0 aliphatic carbocycles. The number of nitrogens with zero attached hydrogens (tertiary/aromatic N) is 4. The van der Waals surface area contributed by atoms with Gasteiger partial charge in [0.15, 0.2) is 5.82 Å². The van der Waals surface area contributed by atoms with E-state index in [9.17, 15) is 0 Å². The molecule has 5 nitrogen and oxygen atoms in total. The summed E-state index contributed by atoms with van der Waals surface area (Å²) in [5.41, 5.74) is 2.25. The fraction of sp³-hybridized carbons (Fsp3) is 0.214. The minimum atomic E-state index is 0.274. The van der Waals surface area contributed by atoms with Gasteiger partial charge in [0.25, 0.3) is 0 Å². The first-order chi connectivity index (χ1) is 9.92. The largest absolute Gasteiger partial charge is 0.354 e. The molecule has 0 radical (unpaired) electrons. The molecule has 1 unspecified atom stereocenters. The molecule has 1 atom stereocenters. The van der Waals surface area contributed by atoms with Gasteiger partial charge in [-0.3, -0.25) is 4.98 Å². The molecule has 3 aromatic rings. The van der Waals surface area contributed by atoms with Crippen LogP contribution in [0.25, 0.3) is 11.4 Å². The van der Waals surface area contributed by atoms with Gasteiger partial charge < -0.3 is 5.32 Å². The Labute approximate surface area is 120 Å². The molecule has 4 rings (SSSR count). The predicted octanol–water partition coefficient (Wildman–Crippen LogP) is 2.81. The number of rotatable bonds is 2. The SMILES string of the molecule is c1cncc(-c2nc3n(n2)C(c2ccsc2)CCN3)c1. The van der Waals surface area contributed by atoms with Gasteiger partial charge >= 0.3 is 0 Å². The van der Waals surface area contributed by atoms with E-state index in [1.165, 1.54) is 5.56 Å². The van der Waals surface area contributed by atoms with E-state index < -0.39 is 0 Å². The molecule has 1 N–H and O–H groups in total. The lowest BCUT2D eigenvalue weighted by Crippen LogP contribution is -2.24. The summed E-state index contributed by atoms with van der Waals surface area (Å²) in [6, 6.07) is 6.32. The monoisotopic (exact) mass is 283 g/mol. The maximum absolute atomic E-state index is 4.67. The van der Waals surface area contributed by atoms with E-state index in [0.717, 1.165) is 30.3 Å². The van der Waals surface area contributed by atoms with Gasteiger partial charge in [0, 0.05) is 24.5 Å². The first-order valence-electron chi connectivity index (χ1n) is 6.55. The molecule has 0 aromatic carbocycles. The second-order valence-electron chi connectivity index (χ2n) is 4.73. The standard InChI is InChI=1S/C14H13N5S/c1-2-10(8-15-5-1)13-17-14-16-6-3-12(19(14)18-13)11-4-7-20-9-11/h1-2,4-5,7-9,12H,3,6H2,(H,16,17,18). The summed E-state index contributed by atoms with van der Waals surface area (Å²) < 4.78 is 1.99. The van der Waals surface area contributed by atoms with Gasteiger partial charge in [0.05, 0.1) is 6.04 Å². The number of aromatic nitrogens is 4. The van der Waals surface area contributed by atoms with E-state index in [4.69, 9.17) is 0 Å². The molecule has 1 aliphatic heterocycles. The molecule has 20 heavy (non-hydrogen) atoms. The van der Waals surface area contributed by atoms with Gasteiger partial charge in [0.2, 0.25) is 5.95 Å². The Morgan fingerprint density at radius 3 is 3.15 bits per heavy atom. The summed E-state index contributed by atoms with van der Waals surface area (Å²) in [4.78, 5) is 8.71. The van der Waals surface area contributed by atoms with Gasteiger partial charge in [-0.2, -0.15) is 16.3 Å². The topological polar surface area (TPSA) is 55.6 Å². The quantitative estimate of drug-likeness (QED) is 0.785. The van der Waals surface area contributed by atoms with E-state index in [0.29, 0.717) is 0 Å². The Bertz CT molecular complexity index is 705. The Kier molecular flexibility index (Phi) is 2.74. The van der Waals surface area contributed by atoms with Crippen LogP contribution in [0.5, 0.6) is 0 Å². The van der Waals surface area contributed by atoms with Crippen molar-refractivity contribution in [3.63, 3.8) is 0 Å². The highest BCUT2D eigenvalue weighted by molar-refractivity contribution is 7.07. The molecular weight excluding hydrogens is 270 g/mol. The maximum Gasteiger partial charge on any atom is 0.222 e. The lowest BCUT2D eigenvalue weighted by molar-refractivity contribution is 0.482. The third kappa shape index (κ3) is 1.89. The van der Waals surface area contributed by atoms with Crippen molar-refractivity contribution in [1.82, 2.24) is 19.7 Å². The zero-order valence-electron chi connectivity index (χ0n) is 10.7. The lowest BCUT2D eigenvalue weighted by atomic mass is 10.1. The average Bonchev–Trinajstić information content (AvgIpc) is 3.17. The van der Waals surface area contributed by atoms with Crippen molar-refractivity contribution in [2.45, 2.75) is 12.5 Å². The molecule has 0 saturated heterocycles. The van der Waals surface area contributed by atoms with Crippen LogP contribution in [0.15, 0.2) is 41.4 Å². The Morgan fingerprint density at radius 2 is 2.35 bits per heavy atom. The van der Waals surface area contributed by atoms with Crippen molar-refractivity contribution in [3.8, 4) is 11.4 Å². The van der Waals surface area contributed by atoms with Crippen LogP contribution in [0.4, 0.5) is 5.95 Å². The number of fused-ring (bicyclic) bond motifs is 1. The van der Waals surface area contributed by atoms with Crippen molar-refractivity contribution in [2.75, 3.05) is 11.9 Å². The van der Waals surface area contributed by atoms with Gasteiger partial charge in [-0.1, -0.05) is 0 Å². The highest BCUT2D eigenvalue weighted by atomic mass is 32.1. The van der Waals surface area contributed by atoms with Crippen LogP contribution < -0.4 is 5.32 Å². The fourth-order valence-corrected chi connectivity index (χ4v) is 3.20. The Morgan fingerprint density at radius 1 is 1.35 bits per heavy atom. The van der Waals surface area contributed by atoms with Crippen LogP contribution in [0.2, 0.25) is 0 Å². The van der Waals surface area contributed by atoms with Gasteiger partial charge in [-0.25, -0.2) is 4.68 Å². The average molecular weight is 283 g/mol.